The molecular formula is C11H14N2O2. The fraction of sp³-hybridized carbons (Fsp3) is 0.364. The van der Waals surface area contributed by atoms with E-state index >= 15 is 0 Å². The molecule has 1 aliphatic heterocycles. The average molecular weight is 206 g/mol. The number of methoxy groups -OCH3 is 1. The normalized spacial score (nSPS) is 19.6. The molecule has 0 spiro atoms. The van der Waals surface area contributed by atoms with Gasteiger partial charge in [0.2, 0.25) is 0 Å². The van der Waals surface area contributed by atoms with Gasteiger partial charge in [-0.25, -0.2) is 4.99 Å². The molecule has 1 unspecified atom stereocenters. The Bertz CT molecular complexity index is 377. The van der Waals surface area contributed by atoms with E-state index in [0.29, 0.717) is 19.0 Å². The average Bonchev–Trinajstić information content (AvgIpc) is 2.78. The molecule has 0 aliphatic carbocycles. The van der Waals surface area contributed by atoms with Crippen molar-refractivity contribution < 1.29 is 9.47 Å². The standard InChI is InChI=1S/C11H14N2O2/c1-14-9-4-2-3-8(5-9)10-7-15-11(6-12)13-10/h2-5,10H,6-7,12H2,1H3. The van der Waals surface area contributed by atoms with Gasteiger partial charge >= 0.3 is 0 Å². The minimum atomic E-state index is 0.0543. The van der Waals surface area contributed by atoms with Gasteiger partial charge in [0, 0.05) is 0 Å². The predicted octanol–water partition coefficient (Wildman–Crippen LogP) is 1.12. The highest BCUT2D eigenvalue weighted by Crippen LogP contribution is 2.25. The van der Waals surface area contributed by atoms with E-state index in [4.69, 9.17) is 15.2 Å². The topological polar surface area (TPSA) is 56.8 Å². The van der Waals surface area contributed by atoms with Crippen molar-refractivity contribution in [1.82, 2.24) is 0 Å². The first-order valence-corrected chi connectivity index (χ1v) is 4.87. The SMILES string of the molecule is COc1cccc(C2COC(CN)=N2)c1. The van der Waals surface area contributed by atoms with E-state index in [1.165, 1.54) is 0 Å². The number of benzene rings is 1. The van der Waals surface area contributed by atoms with Crippen molar-refractivity contribution in [3.63, 3.8) is 0 Å². The van der Waals surface area contributed by atoms with Gasteiger partial charge in [-0.05, 0) is 17.7 Å². The molecule has 0 bridgehead atoms. The second-order valence-corrected chi connectivity index (χ2v) is 3.33. The summed E-state index contributed by atoms with van der Waals surface area (Å²) in [7, 11) is 1.65. The first-order chi connectivity index (χ1) is 7.33. The van der Waals surface area contributed by atoms with Gasteiger partial charge in [-0.3, -0.25) is 0 Å². The van der Waals surface area contributed by atoms with E-state index < -0.39 is 0 Å². The summed E-state index contributed by atoms with van der Waals surface area (Å²) in [5.41, 5.74) is 6.54. The molecule has 2 N–H and O–H groups in total. The van der Waals surface area contributed by atoms with Crippen LogP contribution in [-0.4, -0.2) is 26.2 Å². The predicted molar refractivity (Wildman–Crippen MR) is 58.2 cm³/mol. The van der Waals surface area contributed by atoms with Crippen molar-refractivity contribution in [2.24, 2.45) is 10.7 Å². The van der Waals surface area contributed by atoms with Crippen LogP contribution in [0.15, 0.2) is 29.3 Å². The highest BCUT2D eigenvalue weighted by Gasteiger charge is 2.19. The third-order valence-electron chi connectivity index (χ3n) is 2.36. The summed E-state index contributed by atoms with van der Waals surface area (Å²) in [5.74, 6) is 1.46. The third-order valence-corrected chi connectivity index (χ3v) is 2.36. The monoisotopic (exact) mass is 206 g/mol. The van der Waals surface area contributed by atoms with E-state index in [1.54, 1.807) is 7.11 Å². The molecule has 1 aromatic carbocycles. The van der Waals surface area contributed by atoms with Gasteiger partial charge in [-0.15, -0.1) is 0 Å². The Hall–Kier alpha value is -1.55. The van der Waals surface area contributed by atoms with Crippen LogP contribution in [0.5, 0.6) is 5.75 Å². The largest absolute Gasteiger partial charge is 0.497 e. The van der Waals surface area contributed by atoms with Crippen molar-refractivity contribution in [1.29, 1.82) is 0 Å². The van der Waals surface area contributed by atoms with E-state index in [1.807, 2.05) is 24.3 Å². The summed E-state index contributed by atoms with van der Waals surface area (Å²) in [6, 6.07) is 7.90. The summed E-state index contributed by atoms with van der Waals surface area (Å²) in [5, 5.41) is 0. The van der Waals surface area contributed by atoms with E-state index in [0.717, 1.165) is 11.3 Å². The molecule has 4 nitrogen and oxygen atoms in total. The van der Waals surface area contributed by atoms with Gasteiger partial charge in [0.25, 0.3) is 0 Å². The van der Waals surface area contributed by atoms with E-state index in [9.17, 15) is 0 Å². The lowest BCUT2D eigenvalue weighted by atomic mass is 10.1. The maximum absolute atomic E-state index is 5.45. The maximum atomic E-state index is 5.45. The van der Waals surface area contributed by atoms with Gasteiger partial charge < -0.3 is 15.2 Å². The summed E-state index contributed by atoms with van der Waals surface area (Å²) >= 11 is 0. The fourth-order valence-corrected chi connectivity index (χ4v) is 1.55. The van der Waals surface area contributed by atoms with Gasteiger partial charge in [0.1, 0.15) is 18.4 Å². The number of hydrogen-bond acceptors (Lipinski definition) is 4. The molecule has 0 radical (unpaired) electrons. The van der Waals surface area contributed by atoms with Crippen LogP contribution in [0.2, 0.25) is 0 Å². The van der Waals surface area contributed by atoms with Crippen LogP contribution in [0.1, 0.15) is 11.6 Å². The summed E-state index contributed by atoms with van der Waals surface area (Å²) < 4.78 is 10.5. The molecule has 0 aromatic heterocycles. The molecule has 0 amide bonds. The zero-order valence-corrected chi connectivity index (χ0v) is 8.64. The van der Waals surface area contributed by atoms with Crippen molar-refractivity contribution in [3.05, 3.63) is 29.8 Å². The van der Waals surface area contributed by atoms with Crippen molar-refractivity contribution >= 4 is 5.90 Å². The van der Waals surface area contributed by atoms with Gasteiger partial charge in [-0.2, -0.15) is 0 Å². The van der Waals surface area contributed by atoms with Crippen LogP contribution in [-0.2, 0) is 4.74 Å². The number of aliphatic imine (C=N–C) groups is 1. The van der Waals surface area contributed by atoms with E-state index in [2.05, 4.69) is 4.99 Å². The van der Waals surface area contributed by atoms with Gasteiger partial charge in [0.05, 0.1) is 13.7 Å². The molecule has 1 aromatic rings. The minimum Gasteiger partial charge on any atom is -0.497 e. The van der Waals surface area contributed by atoms with Gasteiger partial charge in [-0.1, -0.05) is 12.1 Å². The Labute approximate surface area is 88.7 Å². The number of nitrogens with zero attached hydrogens (tertiary/aromatic N) is 1. The highest BCUT2D eigenvalue weighted by atomic mass is 16.5. The van der Waals surface area contributed by atoms with Crippen molar-refractivity contribution in [3.8, 4) is 5.75 Å². The lowest BCUT2D eigenvalue weighted by Gasteiger charge is -2.07. The Morgan fingerprint density at radius 2 is 2.47 bits per heavy atom. The van der Waals surface area contributed by atoms with Crippen LogP contribution >= 0.6 is 0 Å². The zero-order valence-electron chi connectivity index (χ0n) is 8.64. The van der Waals surface area contributed by atoms with E-state index in [-0.39, 0.29) is 6.04 Å². The number of ether oxygens (including phenoxy) is 2. The first-order valence-electron chi connectivity index (χ1n) is 4.87. The molecule has 4 heteroatoms. The molecule has 0 saturated heterocycles. The lowest BCUT2D eigenvalue weighted by Crippen LogP contribution is -2.13. The lowest BCUT2D eigenvalue weighted by molar-refractivity contribution is 0.314. The summed E-state index contributed by atoms with van der Waals surface area (Å²) in [6.45, 7) is 0.931. The first kappa shape index (κ1) is 9.98. The molecule has 15 heavy (non-hydrogen) atoms. The van der Waals surface area contributed by atoms with Crippen LogP contribution in [0, 0.1) is 0 Å². The molecule has 0 fully saturated rings. The van der Waals surface area contributed by atoms with Gasteiger partial charge in [0.15, 0.2) is 5.90 Å². The summed E-state index contributed by atoms with van der Waals surface area (Å²) in [6.07, 6.45) is 0. The smallest absolute Gasteiger partial charge is 0.198 e. The third kappa shape index (κ3) is 2.10. The van der Waals surface area contributed by atoms with Crippen molar-refractivity contribution in [2.45, 2.75) is 6.04 Å². The quantitative estimate of drug-likeness (QED) is 0.806. The summed E-state index contributed by atoms with van der Waals surface area (Å²) in [4.78, 5) is 4.37. The Morgan fingerprint density at radius 3 is 3.13 bits per heavy atom. The minimum absolute atomic E-state index is 0.0543. The number of hydrogen-bond donors (Lipinski definition) is 1. The van der Waals surface area contributed by atoms with Crippen molar-refractivity contribution in [2.75, 3.05) is 20.3 Å². The zero-order chi connectivity index (χ0) is 10.7. The maximum Gasteiger partial charge on any atom is 0.198 e. The molecule has 1 atom stereocenters. The molecular weight excluding hydrogens is 192 g/mol. The Kier molecular flexibility index (Phi) is 2.87. The molecule has 2 rings (SSSR count). The number of nitrogens with two attached hydrogens (primary N) is 1. The highest BCUT2D eigenvalue weighted by molar-refractivity contribution is 5.79. The molecule has 0 saturated carbocycles. The number of rotatable bonds is 3. The van der Waals surface area contributed by atoms with Crippen LogP contribution < -0.4 is 10.5 Å². The Balaban J connectivity index is 2.19. The fourth-order valence-electron chi connectivity index (χ4n) is 1.55. The van der Waals surface area contributed by atoms with Crippen LogP contribution in [0.3, 0.4) is 0 Å². The second-order valence-electron chi connectivity index (χ2n) is 3.33. The molecule has 1 heterocycles. The van der Waals surface area contributed by atoms with Crippen LogP contribution in [0.25, 0.3) is 0 Å². The second kappa shape index (κ2) is 4.31. The Morgan fingerprint density at radius 1 is 1.60 bits per heavy atom. The van der Waals surface area contributed by atoms with Crippen LogP contribution in [0.4, 0.5) is 0 Å². The molecule has 80 valence electrons. The molecule has 1 aliphatic rings.